The Hall–Kier alpha value is -3.49. The molecule has 0 bridgehead atoms. The van der Waals surface area contributed by atoms with Crippen LogP contribution < -0.4 is 9.47 Å². The minimum absolute atomic E-state index is 0.248. The van der Waals surface area contributed by atoms with Crippen molar-refractivity contribution in [2.45, 2.75) is 32.1 Å². The van der Waals surface area contributed by atoms with Crippen molar-refractivity contribution in [3.63, 3.8) is 0 Å². The van der Waals surface area contributed by atoms with Gasteiger partial charge in [0.15, 0.2) is 0 Å². The van der Waals surface area contributed by atoms with Crippen molar-refractivity contribution in [2.75, 3.05) is 32.8 Å². The molecule has 0 unspecified atom stereocenters. The number of phenolic OH excluding ortho intramolecular Hbond substituents is 1. The van der Waals surface area contributed by atoms with Crippen molar-refractivity contribution in [2.24, 2.45) is 0 Å². The Morgan fingerprint density at radius 2 is 1.53 bits per heavy atom. The van der Waals surface area contributed by atoms with Crippen molar-refractivity contribution >= 4 is 0 Å². The molecule has 1 aliphatic rings. The van der Waals surface area contributed by atoms with Gasteiger partial charge in [0.1, 0.15) is 23.9 Å². The van der Waals surface area contributed by atoms with E-state index in [0.717, 1.165) is 54.2 Å². The molecule has 0 atom stereocenters. The summed E-state index contributed by atoms with van der Waals surface area (Å²) in [6.45, 7) is 4.62. The van der Waals surface area contributed by atoms with Gasteiger partial charge in [0.2, 0.25) is 0 Å². The second-order valence-electron chi connectivity index (χ2n) is 8.69. The van der Waals surface area contributed by atoms with E-state index < -0.39 is 0 Å². The van der Waals surface area contributed by atoms with Crippen LogP contribution in [0.5, 0.6) is 17.2 Å². The van der Waals surface area contributed by atoms with E-state index in [-0.39, 0.29) is 5.75 Å². The summed E-state index contributed by atoms with van der Waals surface area (Å²) in [5, 5.41) is 18.7. The number of nitrogens with zero attached hydrogens (tertiary/aromatic N) is 2. The van der Waals surface area contributed by atoms with E-state index in [1.165, 1.54) is 31.5 Å². The van der Waals surface area contributed by atoms with E-state index in [0.29, 0.717) is 13.0 Å². The highest BCUT2D eigenvalue weighted by molar-refractivity contribution is 5.70. The fourth-order valence-electron chi connectivity index (χ4n) is 4.28. The Balaban J connectivity index is 1.38. The van der Waals surface area contributed by atoms with E-state index in [9.17, 15) is 5.11 Å². The summed E-state index contributed by atoms with van der Waals surface area (Å²) in [6, 6.07) is 23.8. The molecular formula is C29H32N2O3. The first-order valence-corrected chi connectivity index (χ1v) is 12.1. The Labute approximate surface area is 202 Å². The van der Waals surface area contributed by atoms with Gasteiger partial charge in [-0.1, -0.05) is 30.3 Å². The molecule has 0 amide bonds. The van der Waals surface area contributed by atoms with Crippen LogP contribution >= 0.6 is 0 Å². The van der Waals surface area contributed by atoms with Crippen LogP contribution in [0.25, 0.3) is 11.1 Å². The average molecular weight is 457 g/mol. The summed E-state index contributed by atoms with van der Waals surface area (Å²) in [4.78, 5) is 2.45. The Kier molecular flexibility index (Phi) is 8.43. The molecule has 0 spiro atoms. The number of nitriles is 1. The van der Waals surface area contributed by atoms with Gasteiger partial charge in [0.25, 0.3) is 0 Å². The molecule has 4 rings (SSSR count). The maximum atomic E-state index is 10.1. The SMILES string of the molecule is N#CCCCOc1ccc(-c2cc(O)ccc2Cc2ccc(OCCN3CCCC3)cc2)cc1. The number of hydrogen-bond donors (Lipinski definition) is 1. The topological polar surface area (TPSA) is 65.7 Å². The lowest BCUT2D eigenvalue weighted by atomic mass is 9.94. The predicted octanol–water partition coefficient (Wildman–Crippen LogP) is 5.81. The summed E-state index contributed by atoms with van der Waals surface area (Å²) in [5.74, 6) is 1.93. The third kappa shape index (κ3) is 6.76. The molecule has 5 heteroatoms. The van der Waals surface area contributed by atoms with Crippen molar-refractivity contribution in [1.29, 1.82) is 5.26 Å². The zero-order valence-corrected chi connectivity index (χ0v) is 19.6. The Morgan fingerprint density at radius 1 is 0.853 bits per heavy atom. The molecule has 1 aliphatic heterocycles. The minimum Gasteiger partial charge on any atom is -0.508 e. The van der Waals surface area contributed by atoms with Crippen LogP contribution in [0, 0.1) is 11.3 Å². The van der Waals surface area contributed by atoms with Crippen molar-refractivity contribution in [3.8, 4) is 34.4 Å². The largest absolute Gasteiger partial charge is 0.508 e. The van der Waals surface area contributed by atoms with Crippen molar-refractivity contribution in [1.82, 2.24) is 4.90 Å². The first-order chi connectivity index (χ1) is 16.7. The van der Waals surface area contributed by atoms with Gasteiger partial charge in [-0.2, -0.15) is 5.26 Å². The van der Waals surface area contributed by atoms with Gasteiger partial charge >= 0.3 is 0 Å². The first kappa shape index (κ1) is 23.7. The summed E-state index contributed by atoms with van der Waals surface area (Å²) < 4.78 is 11.6. The lowest BCUT2D eigenvalue weighted by Gasteiger charge is -2.15. The molecule has 5 nitrogen and oxygen atoms in total. The second kappa shape index (κ2) is 12.1. The minimum atomic E-state index is 0.248. The number of aromatic hydroxyl groups is 1. The molecule has 1 heterocycles. The molecular weight excluding hydrogens is 424 g/mol. The predicted molar refractivity (Wildman–Crippen MR) is 134 cm³/mol. The van der Waals surface area contributed by atoms with Crippen LogP contribution in [-0.4, -0.2) is 42.9 Å². The van der Waals surface area contributed by atoms with Gasteiger partial charge in [-0.05, 0) is 97.4 Å². The fourth-order valence-corrected chi connectivity index (χ4v) is 4.28. The molecule has 176 valence electrons. The average Bonchev–Trinajstić information content (AvgIpc) is 3.38. The summed E-state index contributed by atoms with van der Waals surface area (Å²) in [5.41, 5.74) is 4.36. The highest BCUT2D eigenvalue weighted by atomic mass is 16.5. The van der Waals surface area contributed by atoms with Crippen molar-refractivity contribution < 1.29 is 14.6 Å². The fraction of sp³-hybridized carbons (Fsp3) is 0.345. The van der Waals surface area contributed by atoms with Crippen LogP contribution in [0.2, 0.25) is 0 Å². The van der Waals surface area contributed by atoms with E-state index in [2.05, 4.69) is 23.1 Å². The Bertz CT molecular complexity index is 1080. The number of rotatable bonds is 11. The van der Waals surface area contributed by atoms with Gasteiger partial charge in [-0.3, -0.25) is 4.90 Å². The van der Waals surface area contributed by atoms with E-state index in [4.69, 9.17) is 14.7 Å². The number of hydrogen-bond acceptors (Lipinski definition) is 5. The standard InChI is InChI=1S/C29H32N2O3/c30-15-1-4-19-33-28-13-8-24(9-14-28)29-22-26(32)10-7-25(29)21-23-5-11-27(12-6-23)34-20-18-31-16-2-3-17-31/h5-14,22,32H,1-4,16-21H2. The number of phenols is 1. The molecule has 34 heavy (non-hydrogen) atoms. The monoisotopic (exact) mass is 456 g/mol. The zero-order valence-electron chi connectivity index (χ0n) is 19.6. The molecule has 0 aromatic heterocycles. The lowest BCUT2D eigenvalue weighted by Crippen LogP contribution is -2.25. The highest BCUT2D eigenvalue weighted by Gasteiger charge is 2.11. The van der Waals surface area contributed by atoms with E-state index in [1.807, 2.05) is 48.5 Å². The number of likely N-dealkylation sites (tertiary alicyclic amines) is 1. The number of ether oxygens (including phenoxy) is 2. The number of benzene rings is 3. The van der Waals surface area contributed by atoms with E-state index >= 15 is 0 Å². The van der Waals surface area contributed by atoms with Gasteiger partial charge in [0.05, 0.1) is 12.7 Å². The second-order valence-corrected chi connectivity index (χ2v) is 8.69. The summed E-state index contributed by atoms with van der Waals surface area (Å²) >= 11 is 0. The molecule has 0 aliphatic carbocycles. The van der Waals surface area contributed by atoms with Gasteiger partial charge < -0.3 is 14.6 Å². The smallest absolute Gasteiger partial charge is 0.119 e. The molecule has 1 N–H and O–H groups in total. The molecule has 1 fully saturated rings. The quantitative estimate of drug-likeness (QED) is 0.369. The molecule has 3 aromatic carbocycles. The van der Waals surface area contributed by atoms with Crippen LogP contribution in [0.15, 0.2) is 66.7 Å². The molecule has 3 aromatic rings. The maximum absolute atomic E-state index is 10.1. The third-order valence-electron chi connectivity index (χ3n) is 6.15. The summed E-state index contributed by atoms with van der Waals surface area (Å²) in [7, 11) is 0. The zero-order chi connectivity index (χ0) is 23.6. The van der Waals surface area contributed by atoms with Crippen LogP contribution in [0.3, 0.4) is 0 Å². The van der Waals surface area contributed by atoms with Crippen molar-refractivity contribution in [3.05, 3.63) is 77.9 Å². The lowest BCUT2D eigenvalue weighted by molar-refractivity contribution is 0.238. The Morgan fingerprint density at radius 3 is 2.24 bits per heavy atom. The van der Waals surface area contributed by atoms with Crippen LogP contribution in [0.4, 0.5) is 0 Å². The van der Waals surface area contributed by atoms with Gasteiger partial charge in [-0.15, -0.1) is 0 Å². The number of unbranched alkanes of at least 4 members (excludes halogenated alkanes) is 1. The third-order valence-corrected chi connectivity index (χ3v) is 6.15. The normalized spacial score (nSPS) is 13.5. The van der Waals surface area contributed by atoms with E-state index in [1.54, 1.807) is 6.07 Å². The highest BCUT2D eigenvalue weighted by Crippen LogP contribution is 2.31. The summed E-state index contributed by atoms with van der Waals surface area (Å²) in [6.07, 6.45) is 4.58. The molecule has 1 saturated heterocycles. The van der Waals surface area contributed by atoms with Crippen LogP contribution in [-0.2, 0) is 6.42 Å². The maximum Gasteiger partial charge on any atom is 0.119 e. The van der Waals surface area contributed by atoms with Gasteiger partial charge in [0, 0.05) is 13.0 Å². The molecule has 0 radical (unpaired) electrons. The van der Waals surface area contributed by atoms with Gasteiger partial charge in [-0.25, -0.2) is 0 Å². The molecule has 0 saturated carbocycles. The van der Waals surface area contributed by atoms with Crippen LogP contribution in [0.1, 0.15) is 36.8 Å². The first-order valence-electron chi connectivity index (χ1n) is 12.1.